The van der Waals surface area contributed by atoms with Gasteiger partial charge in [-0.25, -0.2) is 0 Å². The molecule has 160 valence electrons. The zero-order valence-electron chi connectivity index (χ0n) is 17.8. The van der Waals surface area contributed by atoms with E-state index in [4.69, 9.17) is 9.84 Å². The number of esters is 1. The van der Waals surface area contributed by atoms with Crippen molar-refractivity contribution in [2.45, 2.75) is 89.9 Å². The third kappa shape index (κ3) is 6.32. The minimum atomic E-state index is -0.748. The molecule has 2 fully saturated rings. The normalized spacial score (nSPS) is 27.3. The quantitative estimate of drug-likeness (QED) is 0.314. The molecule has 1 N–H and O–H groups in total. The fourth-order valence-electron chi connectivity index (χ4n) is 5.05. The van der Waals surface area contributed by atoms with E-state index >= 15 is 0 Å². The maximum absolute atomic E-state index is 12.4. The van der Waals surface area contributed by atoms with Gasteiger partial charge in [0.05, 0.1) is 11.8 Å². The molecule has 0 aromatic heterocycles. The van der Waals surface area contributed by atoms with Gasteiger partial charge in [0.1, 0.15) is 5.75 Å². The molecule has 0 bridgehead atoms. The zero-order valence-corrected chi connectivity index (χ0v) is 17.8. The van der Waals surface area contributed by atoms with E-state index in [0.29, 0.717) is 37.4 Å². The van der Waals surface area contributed by atoms with Crippen LogP contribution in [0.2, 0.25) is 0 Å². The second kappa shape index (κ2) is 10.8. The molecule has 0 atom stereocenters. The van der Waals surface area contributed by atoms with Gasteiger partial charge in [0.15, 0.2) is 0 Å². The van der Waals surface area contributed by atoms with E-state index in [1.165, 1.54) is 56.9 Å². The molecular formula is C25H36O4. The van der Waals surface area contributed by atoms with Crippen molar-refractivity contribution in [1.29, 1.82) is 0 Å². The molecule has 0 spiro atoms. The summed E-state index contributed by atoms with van der Waals surface area (Å²) in [4.78, 5) is 23.5. The van der Waals surface area contributed by atoms with Gasteiger partial charge in [0.25, 0.3) is 0 Å². The van der Waals surface area contributed by atoms with Crippen molar-refractivity contribution in [2.75, 3.05) is 0 Å². The number of rotatable bonds is 8. The summed E-state index contributed by atoms with van der Waals surface area (Å²) >= 11 is 0. The molecule has 0 aliphatic heterocycles. The lowest BCUT2D eigenvalue weighted by Crippen LogP contribution is -2.28. The first-order valence-corrected chi connectivity index (χ1v) is 11.6. The Morgan fingerprint density at radius 1 is 0.897 bits per heavy atom. The number of hydrogen-bond donors (Lipinski definition) is 1. The summed E-state index contributed by atoms with van der Waals surface area (Å²) in [5.41, 5.74) is 1.36. The van der Waals surface area contributed by atoms with E-state index in [1.54, 1.807) is 0 Å². The third-order valence-electron chi connectivity index (χ3n) is 7.04. The van der Waals surface area contributed by atoms with Gasteiger partial charge in [-0.1, -0.05) is 44.7 Å². The van der Waals surface area contributed by atoms with Crippen molar-refractivity contribution in [3.8, 4) is 5.75 Å². The first-order chi connectivity index (χ1) is 14.1. The molecule has 1 aromatic rings. The minimum absolute atomic E-state index is 0.173. The highest BCUT2D eigenvalue weighted by Gasteiger charge is 2.31. The van der Waals surface area contributed by atoms with Gasteiger partial charge < -0.3 is 9.84 Å². The highest BCUT2D eigenvalue weighted by Crippen LogP contribution is 2.38. The zero-order chi connectivity index (χ0) is 20.6. The van der Waals surface area contributed by atoms with Crippen LogP contribution in [0.15, 0.2) is 24.3 Å². The number of carbonyl (C=O) groups excluding carboxylic acids is 1. The Balaban J connectivity index is 1.43. The first kappa shape index (κ1) is 21.9. The van der Waals surface area contributed by atoms with Gasteiger partial charge in [-0.05, 0) is 80.9 Å². The largest absolute Gasteiger partial charge is 0.481 e. The molecule has 0 amide bonds. The van der Waals surface area contributed by atoms with Gasteiger partial charge in [0, 0.05) is 0 Å². The molecule has 2 saturated carbocycles. The molecule has 1 aromatic carbocycles. The third-order valence-corrected chi connectivity index (χ3v) is 7.04. The van der Waals surface area contributed by atoms with E-state index in [1.807, 2.05) is 12.1 Å². The van der Waals surface area contributed by atoms with Crippen LogP contribution in [0.4, 0.5) is 0 Å². The second-order valence-corrected chi connectivity index (χ2v) is 9.09. The van der Waals surface area contributed by atoms with Crippen molar-refractivity contribution in [1.82, 2.24) is 0 Å². The van der Waals surface area contributed by atoms with Crippen LogP contribution in [0.1, 0.15) is 95.5 Å². The van der Waals surface area contributed by atoms with Crippen LogP contribution in [0.3, 0.4) is 0 Å². The lowest BCUT2D eigenvalue weighted by atomic mass is 9.77. The number of unbranched alkanes of at least 4 members (excludes halogenated alkanes) is 2. The predicted molar refractivity (Wildman–Crippen MR) is 114 cm³/mol. The summed E-state index contributed by atoms with van der Waals surface area (Å²) in [6.07, 6.45) is 13.0. The molecule has 0 saturated heterocycles. The Morgan fingerprint density at radius 3 is 2.10 bits per heavy atom. The molecule has 0 radical (unpaired) electrons. The Morgan fingerprint density at radius 2 is 1.52 bits per heavy atom. The van der Waals surface area contributed by atoms with E-state index in [0.717, 1.165) is 5.92 Å². The molecule has 4 nitrogen and oxygen atoms in total. The predicted octanol–water partition coefficient (Wildman–Crippen LogP) is 6.34. The van der Waals surface area contributed by atoms with E-state index in [-0.39, 0.29) is 17.8 Å². The van der Waals surface area contributed by atoms with Crippen molar-refractivity contribution >= 4 is 11.9 Å². The Bertz CT molecular complexity index is 650. The fraction of sp³-hybridized carbons (Fsp3) is 0.680. The topological polar surface area (TPSA) is 63.6 Å². The van der Waals surface area contributed by atoms with Gasteiger partial charge in [-0.2, -0.15) is 0 Å². The van der Waals surface area contributed by atoms with E-state index in [2.05, 4.69) is 19.1 Å². The van der Waals surface area contributed by atoms with E-state index in [9.17, 15) is 9.59 Å². The van der Waals surface area contributed by atoms with Gasteiger partial charge >= 0.3 is 11.9 Å². The number of ether oxygens (including phenoxy) is 1. The summed E-state index contributed by atoms with van der Waals surface area (Å²) in [6, 6.07) is 8.07. The van der Waals surface area contributed by atoms with Crippen molar-refractivity contribution in [3.05, 3.63) is 29.8 Å². The second-order valence-electron chi connectivity index (χ2n) is 9.09. The SMILES string of the molecule is CCCCCC1CCC(c2ccc(OC(=O)C3CCC(C(=O)O)CC3)cc2)CC1. The van der Waals surface area contributed by atoms with E-state index < -0.39 is 5.97 Å². The summed E-state index contributed by atoms with van der Waals surface area (Å²) in [5.74, 6) is 0.708. The fourth-order valence-corrected chi connectivity index (χ4v) is 5.05. The Labute approximate surface area is 175 Å². The van der Waals surface area contributed by atoms with Crippen LogP contribution in [0.5, 0.6) is 5.75 Å². The number of aliphatic carboxylic acids is 1. The molecule has 2 aliphatic carbocycles. The van der Waals surface area contributed by atoms with Gasteiger partial charge in [-0.15, -0.1) is 0 Å². The summed E-state index contributed by atoms with van der Waals surface area (Å²) in [7, 11) is 0. The van der Waals surface area contributed by atoms with Crippen LogP contribution in [-0.2, 0) is 9.59 Å². The highest BCUT2D eigenvalue weighted by atomic mass is 16.5. The van der Waals surface area contributed by atoms with Crippen LogP contribution in [-0.4, -0.2) is 17.0 Å². The summed E-state index contributed by atoms with van der Waals surface area (Å²) in [5, 5.41) is 9.08. The number of carbonyl (C=O) groups is 2. The molecular weight excluding hydrogens is 364 g/mol. The molecule has 29 heavy (non-hydrogen) atoms. The average molecular weight is 401 g/mol. The monoisotopic (exact) mass is 400 g/mol. The lowest BCUT2D eigenvalue weighted by molar-refractivity contribution is -0.146. The standard InChI is InChI=1S/C25H36O4/c1-2-3-4-5-18-6-8-19(9-7-18)20-14-16-23(17-15-20)29-25(28)22-12-10-21(11-13-22)24(26)27/h14-19,21-22H,2-13H2,1H3,(H,26,27). The van der Waals surface area contributed by atoms with Crippen molar-refractivity contribution in [2.24, 2.45) is 17.8 Å². The highest BCUT2D eigenvalue weighted by molar-refractivity contribution is 5.76. The van der Waals surface area contributed by atoms with Crippen molar-refractivity contribution < 1.29 is 19.4 Å². The van der Waals surface area contributed by atoms with Crippen LogP contribution in [0, 0.1) is 17.8 Å². The first-order valence-electron chi connectivity index (χ1n) is 11.6. The van der Waals surface area contributed by atoms with Crippen LogP contribution >= 0.6 is 0 Å². The lowest BCUT2D eigenvalue weighted by Gasteiger charge is -2.29. The number of benzene rings is 1. The Hall–Kier alpha value is -1.84. The number of carboxylic acid groups (broad SMARTS) is 1. The van der Waals surface area contributed by atoms with Crippen molar-refractivity contribution in [3.63, 3.8) is 0 Å². The maximum atomic E-state index is 12.4. The van der Waals surface area contributed by atoms with Gasteiger partial charge in [-0.3, -0.25) is 9.59 Å². The maximum Gasteiger partial charge on any atom is 0.314 e. The molecule has 0 unspecified atom stereocenters. The number of hydrogen-bond acceptors (Lipinski definition) is 3. The molecule has 3 rings (SSSR count). The molecule has 4 heteroatoms. The summed E-state index contributed by atoms with van der Waals surface area (Å²) in [6.45, 7) is 2.27. The molecule has 2 aliphatic rings. The van der Waals surface area contributed by atoms with Crippen LogP contribution < -0.4 is 4.74 Å². The Kier molecular flexibility index (Phi) is 8.14. The molecule has 0 heterocycles. The minimum Gasteiger partial charge on any atom is -0.481 e. The van der Waals surface area contributed by atoms with Gasteiger partial charge in [0.2, 0.25) is 0 Å². The number of carboxylic acids is 1. The summed E-state index contributed by atoms with van der Waals surface area (Å²) < 4.78 is 5.58. The average Bonchev–Trinajstić information content (AvgIpc) is 2.75. The van der Waals surface area contributed by atoms with Crippen LogP contribution in [0.25, 0.3) is 0 Å². The smallest absolute Gasteiger partial charge is 0.314 e.